The summed E-state index contributed by atoms with van der Waals surface area (Å²) in [5.74, 6) is 1.06. The third kappa shape index (κ3) is 1.68. The summed E-state index contributed by atoms with van der Waals surface area (Å²) < 4.78 is 0. The first-order valence-electron chi connectivity index (χ1n) is 2.41. The van der Waals surface area contributed by atoms with Crippen LogP contribution in [0.1, 0.15) is 12.7 Å². The molecule has 0 aromatic carbocycles. The van der Waals surface area contributed by atoms with Gasteiger partial charge in [0.15, 0.2) is 0 Å². The molecule has 1 N–H and O–H groups in total. The molecule has 1 heterocycles. The number of imidazole rings is 1. The summed E-state index contributed by atoms with van der Waals surface area (Å²) in [6, 6.07) is 0. The van der Waals surface area contributed by atoms with Crippen molar-refractivity contribution in [1.29, 1.82) is 0 Å². The number of aryl methyl sites for hydroxylation is 1. The Morgan fingerprint density at radius 2 is 2.50 bits per heavy atom. The summed E-state index contributed by atoms with van der Waals surface area (Å²) in [4.78, 5) is 6.95. The van der Waals surface area contributed by atoms with Crippen LogP contribution in [0.4, 0.5) is 0 Å². The van der Waals surface area contributed by atoms with E-state index in [-0.39, 0.29) is 17.1 Å². The fourth-order valence-corrected chi connectivity index (χ4v) is 0.491. The number of nitrogens with one attached hydrogen (secondary N) is 1. The Kier molecular flexibility index (Phi) is 3.57. The topological polar surface area (TPSA) is 28.7 Å². The fraction of sp³-hybridized carbons (Fsp3) is 0.400. The van der Waals surface area contributed by atoms with E-state index in [1.165, 1.54) is 0 Å². The molecule has 0 bridgehead atoms. The molecule has 0 aliphatic rings. The van der Waals surface area contributed by atoms with E-state index in [9.17, 15) is 0 Å². The molecule has 1 aromatic rings. The molecule has 1 radical (unpaired) electrons. The Labute approximate surface area is 59.2 Å². The van der Waals surface area contributed by atoms with E-state index in [1.54, 1.807) is 6.20 Å². The molecule has 1 aromatic heterocycles. The van der Waals surface area contributed by atoms with Crippen molar-refractivity contribution in [1.82, 2.24) is 9.97 Å². The second-order valence-corrected chi connectivity index (χ2v) is 1.39. The number of nitrogens with zero attached hydrogens (tertiary/aromatic N) is 1. The molecule has 0 spiro atoms. The Morgan fingerprint density at radius 1 is 1.75 bits per heavy atom. The van der Waals surface area contributed by atoms with Gasteiger partial charge < -0.3 is 4.98 Å². The van der Waals surface area contributed by atoms with Gasteiger partial charge in [-0.25, -0.2) is 4.98 Å². The predicted molar refractivity (Wildman–Crippen MR) is 28.0 cm³/mol. The zero-order chi connectivity index (χ0) is 5.11. The van der Waals surface area contributed by atoms with Gasteiger partial charge in [-0.3, -0.25) is 0 Å². The number of aromatic amines is 1. The summed E-state index contributed by atoms with van der Waals surface area (Å²) in [6.07, 6.45) is 4.59. The third-order valence-corrected chi connectivity index (χ3v) is 0.890. The number of H-pyrrole nitrogens is 1. The van der Waals surface area contributed by atoms with Crippen LogP contribution in [0, 0.1) is 0 Å². The van der Waals surface area contributed by atoms with Crippen molar-refractivity contribution in [2.45, 2.75) is 13.3 Å². The van der Waals surface area contributed by atoms with Crippen molar-refractivity contribution < 1.29 is 17.1 Å². The molecule has 0 aliphatic carbocycles. The first kappa shape index (κ1) is 7.73. The number of hydrogen-bond acceptors (Lipinski definition) is 1. The Hall–Kier alpha value is -0.271. The number of rotatable bonds is 1. The quantitative estimate of drug-likeness (QED) is 0.608. The maximum Gasteiger partial charge on any atom is 2.00 e. The minimum Gasteiger partial charge on any atom is -0.349 e. The van der Waals surface area contributed by atoms with Crippen LogP contribution in [-0.2, 0) is 23.5 Å². The molecule has 8 heavy (non-hydrogen) atoms. The van der Waals surface area contributed by atoms with Crippen LogP contribution in [-0.4, -0.2) is 9.97 Å². The zero-order valence-electron chi connectivity index (χ0n) is 4.61. The number of aromatic nitrogens is 2. The van der Waals surface area contributed by atoms with Gasteiger partial charge in [0.25, 0.3) is 0 Å². The Morgan fingerprint density at radius 3 is 2.75 bits per heavy atom. The molecule has 0 aliphatic heterocycles. The van der Waals surface area contributed by atoms with Crippen molar-refractivity contribution in [2.24, 2.45) is 0 Å². The summed E-state index contributed by atoms with van der Waals surface area (Å²) >= 11 is 0. The van der Waals surface area contributed by atoms with Crippen LogP contribution < -0.4 is 0 Å². The average molecular weight is 160 g/mol. The largest absolute Gasteiger partial charge is 2.00 e. The van der Waals surface area contributed by atoms with E-state index in [2.05, 4.69) is 16.9 Å². The summed E-state index contributed by atoms with van der Waals surface area (Å²) in [7, 11) is 0. The molecule has 0 saturated heterocycles. The first-order valence-corrected chi connectivity index (χ1v) is 2.41. The van der Waals surface area contributed by atoms with Crippen LogP contribution in [0.25, 0.3) is 0 Å². The average Bonchev–Trinajstić information content (AvgIpc) is 2.14. The van der Waals surface area contributed by atoms with Gasteiger partial charge in [-0.15, -0.1) is 0 Å². The van der Waals surface area contributed by atoms with E-state index < -0.39 is 0 Å². The van der Waals surface area contributed by atoms with E-state index in [1.807, 2.05) is 6.20 Å². The van der Waals surface area contributed by atoms with E-state index in [4.69, 9.17) is 0 Å². The van der Waals surface area contributed by atoms with E-state index in [0.717, 1.165) is 12.2 Å². The van der Waals surface area contributed by atoms with Crippen LogP contribution in [0.15, 0.2) is 12.4 Å². The van der Waals surface area contributed by atoms with Crippen LogP contribution in [0.2, 0.25) is 0 Å². The van der Waals surface area contributed by atoms with Crippen LogP contribution >= 0.6 is 0 Å². The van der Waals surface area contributed by atoms with Gasteiger partial charge in [-0.2, -0.15) is 0 Å². The van der Waals surface area contributed by atoms with Crippen molar-refractivity contribution in [3.05, 3.63) is 18.2 Å². The standard InChI is InChI=1S/C5H8N2.Cu/c1-2-5-6-3-4-7-5;/h3-4H,2H2,1H3,(H,6,7);/q;+2. The monoisotopic (exact) mass is 159 g/mol. The zero-order valence-corrected chi connectivity index (χ0v) is 5.55. The summed E-state index contributed by atoms with van der Waals surface area (Å²) in [5, 5.41) is 0. The Balaban J connectivity index is 0.000000490. The molecular formula is C5H8CuN2+2. The van der Waals surface area contributed by atoms with Gasteiger partial charge in [0.2, 0.25) is 0 Å². The molecule has 47 valence electrons. The molecule has 0 amide bonds. The minimum absolute atomic E-state index is 0. The smallest absolute Gasteiger partial charge is 0.349 e. The summed E-state index contributed by atoms with van der Waals surface area (Å²) in [5.41, 5.74) is 0. The van der Waals surface area contributed by atoms with Crippen LogP contribution in [0.5, 0.6) is 0 Å². The molecule has 0 atom stereocenters. The SMILES string of the molecule is CCc1ncc[nH]1.[Cu+2]. The van der Waals surface area contributed by atoms with Gasteiger partial charge in [-0.05, 0) is 0 Å². The third-order valence-electron chi connectivity index (χ3n) is 0.890. The van der Waals surface area contributed by atoms with Crippen LogP contribution in [0.3, 0.4) is 0 Å². The predicted octanol–water partition coefficient (Wildman–Crippen LogP) is 0.970. The van der Waals surface area contributed by atoms with Gasteiger partial charge >= 0.3 is 17.1 Å². The Bertz CT molecular complexity index is 125. The van der Waals surface area contributed by atoms with Gasteiger partial charge in [0.1, 0.15) is 5.82 Å². The summed E-state index contributed by atoms with van der Waals surface area (Å²) in [6.45, 7) is 2.07. The number of hydrogen-bond donors (Lipinski definition) is 1. The van der Waals surface area contributed by atoms with Crippen molar-refractivity contribution >= 4 is 0 Å². The molecule has 0 saturated carbocycles. The fourth-order valence-electron chi connectivity index (χ4n) is 0.491. The molecule has 0 fully saturated rings. The second kappa shape index (κ2) is 3.70. The molecule has 1 rings (SSSR count). The van der Waals surface area contributed by atoms with Gasteiger partial charge in [0, 0.05) is 18.8 Å². The molecular weight excluding hydrogens is 152 g/mol. The maximum atomic E-state index is 3.98. The normalized spacial score (nSPS) is 8.12. The van der Waals surface area contributed by atoms with Crippen molar-refractivity contribution in [3.8, 4) is 0 Å². The van der Waals surface area contributed by atoms with Crippen molar-refractivity contribution in [3.63, 3.8) is 0 Å². The first-order chi connectivity index (χ1) is 3.43. The van der Waals surface area contributed by atoms with E-state index >= 15 is 0 Å². The van der Waals surface area contributed by atoms with E-state index in [0.29, 0.717) is 0 Å². The minimum atomic E-state index is 0. The van der Waals surface area contributed by atoms with Crippen molar-refractivity contribution in [2.75, 3.05) is 0 Å². The molecule has 0 unspecified atom stereocenters. The molecule has 3 heteroatoms. The van der Waals surface area contributed by atoms with Gasteiger partial charge in [-0.1, -0.05) is 6.92 Å². The van der Waals surface area contributed by atoms with Gasteiger partial charge in [0.05, 0.1) is 0 Å². The second-order valence-electron chi connectivity index (χ2n) is 1.39. The molecule has 2 nitrogen and oxygen atoms in total. The maximum absolute atomic E-state index is 3.98.